The predicted molar refractivity (Wildman–Crippen MR) is 89.9 cm³/mol. The fraction of sp³-hybridized carbons (Fsp3) is 0.316. The van der Waals surface area contributed by atoms with Crippen molar-refractivity contribution in [3.05, 3.63) is 65.2 Å². The molecule has 0 spiro atoms. The third-order valence-electron chi connectivity index (χ3n) is 4.25. The minimum Gasteiger partial charge on any atom is -0.322 e. The van der Waals surface area contributed by atoms with E-state index in [2.05, 4.69) is 31.2 Å². The number of hydrogen-bond donors (Lipinski definition) is 1. The number of amides is 1. The van der Waals surface area contributed by atoms with E-state index in [9.17, 15) is 4.79 Å². The molecule has 2 aromatic rings. The van der Waals surface area contributed by atoms with Crippen LogP contribution in [-0.4, -0.2) is 12.5 Å². The first-order valence-corrected chi connectivity index (χ1v) is 7.91. The van der Waals surface area contributed by atoms with Gasteiger partial charge < -0.3 is 10.6 Å². The Kier molecular flexibility index (Phi) is 4.25. The molecule has 1 aliphatic rings. The molecule has 0 aliphatic carbocycles. The van der Waals surface area contributed by atoms with Crippen LogP contribution in [0, 0.1) is 0 Å². The summed E-state index contributed by atoms with van der Waals surface area (Å²) in [6.45, 7) is 2.71. The number of hydrogen-bond acceptors (Lipinski definition) is 2. The number of carbonyl (C=O) groups excluding carboxylic acids is 1. The van der Waals surface area contributed by atoms with E-state index in [0.717, 1.165) is 29.7 Å². The van der Waals surface area contributed by atoms with Crippen molar-refractivity contribution >= 4 is 11.6 Å². The van der Waals surface area contributed by atoms with E-state index in [1.807, 2.05) is 29.2 Å². The first-order valence-electron chi connectivity index (χ1n) is 7.91. The van der Waals surface area contributed by atoms with Gasteiger partial charge in [0.2, 0.25) is 5.91 Å². The molecule has 0 radical (unpaired) electrons. The van der Waals surface area contributed by atoms with Gasteiger partial charge in [-0.2, -0.15) is 0 Å². The largest absolute Gasteiger partial charge is 0.322 e. The Morgan fingerprint density at radius 3 is 2.59 bits per heavy atom. The molecular formula is C19H22N2O. The lowest BCUT2D eigenvalue weighted by molar-refractivity contribution is -0.117. The van der Waals surface area contributed by atoms with Crippen LogP contribution in [0.3, 0.4) is 0 Å². The summed E-state index contributed by atoms with van der Waals surface area (Å²) >= 11 is 0. The Balaban J connectivity index is 1.74. The summed E-state index contributed by atoms with van der Waals surface area (Å²) in [6.07, 6.45) is 2.72. The highest BCUT2D eigenvalue weighted by molar-refractivity contribution is 6.01. The lowest BCUT2D eigenvalue weighted by Crippen LogP contribution is -2.34. The van der Waals surface area contributed by atoms with Gasteiger partial charge in [0.1, 0.15) is 0 Å². The quantitative estimate of drug-likeness (QED) is 0.920. The second-order valence-corrected chi connectivity index (χ2v) is 5.91. The maximum atomic E-state index is 12.2. The van der Waals surface area contributed by atoms with Gasteiger partial charge in [-0.25, -0.2) is 0 Å². The van der Waals surface area contributed by atoms with E-state index >= 15 is 0 Å². The lowest BCUT2D eigenvalue weighted by atomic mass is 10.0. The highest BCUT2D eigenvalue weighted by atomic mass is 16.2. The number of rotatable bonds is 5. The molecule has 2 aromatic carbocycles. The predicted octanol–water partition coefficient (Wildman–Crippen LogP) is 3.23. The number of carbonyl (C=O) groups is 1. The molecular weight excluding hydrogens is 272 g/mol. The van der Waals surface area contributed by atoms with Crippen molar-refractivity contribution in [3.63, 3.8) is 0 Å². The normalized spacial score (nSPS) is 15.0. The van der Waals surface area contributed by atoms with Gasteiger partial charge in [0.15, 0.2) is 0 Å². The van der Waals surface area contributed by atoms with E-state index in [-0.39, 0.29) is 11.9 Å². The highest BCUT2D eigenvalue weighted by Crippen LogP contribution is 2.29. The topological polar surface area (TPSA) is 46.3 Å². The van der Waals surface area contributed by atoms with Gasteiger partial charge in [-0.3, -0.25) is 4.79 Å². The Labute approximate surface area is 131 Å². The van der Waals surface area contributed by atoms with Gasteiger partial charge in [0.25, 0.3) is 0 Å². The molecule has 3 rings (SSSR count). The van der Waals surface area contributed by atoms with E-state index in [1.54, 1.807) is 0 Å². The van der Waals surface area contributed by atoms with Crippen LogP contribution in [0.4, 0.5) is 5.69 Å². The molecule has 1 atom stereocenters. The smallest absolute Gasteiger partial charge is 0.231 e. The molecule has 2 N–H and O–H groups in total. The number of para-hydroxylation sites is 1. The van der Waals surface area contributed by atoms with E-state index in [1.165, 1.54) is 5.56 Å². The van der Waals surface area contributed by atoms with Crippen LogP contribution in [0.15, 0.2) is 48.5 Å². The van der Waals surface area contributed by atoms with Crippen LogP contribution < -0.4 is 10.6 Å². The van der Waals surface area contributed by atoms with Crippen LogP contribution in [0.2, 0.25) is 0 Å². The maximum absolute atomic E-state index is 12.2. The molecule has 3 nitrogen and oxygen atoms in total. The van der Waals surface area contributed by atoms with Crippen molar-refractivity contribution in [1.82, 2.24) is 0 Å². The van der Waals surface area contributed by atoms with Gasteiger partial charge >= 0.3 is 0 Å². The standard InChI is InChI=1S/C19H22N2O/c1-2-5-14-8-10-15(11-9-14)17(20)13-21-18-7-4-3-6-16(18)12-19(21)22/h3-4,6-11,17H,2,5,12-13,20H2,1H3. The Morgan fingerprint density at radius 1 is 1.14 bits per heavy atom. The van der Waals surface area contributed by atoms with Gasteiger partial charge in [0, 0.05) is 18.3 Å². The van der Waals surface area contributed by atoms with Crippen LogP contribution in [0.5, 0.6) is 0 Å². The molecule has 0 fully saturated rings. The first-order chi connectivity index (χ1) is 10.7. The number of benzene rings is 2. The zero-order chi connectivity index (χ0) is 15.5. The van der Waals surface area contributed by atoms with Crippen molar-refractivity contribution in [1.29, 1.82) is 0 Å². The summed E-state index contributed by atoms with van der Waals surface area (Å²) in [6, 6.07) is 16.2. The monoisotopic (exact) mass is 294 g/mol. The van der Waals surface area contributed by atoms with E-state index in [4.69, 9.17) is 5.73 Å². The van der Waals surface area contributed by atoms with Gasteiger partial charge in [-0.05, 0) is 29.2 Å². The molecule has 0 aromatic heterocycles. The molecule has 1 amide bonds. The Bertz CT molecular complexity index is 663. The minimum atomic E-state index is -0.161. The number of anilines is 1. The summed E-state index contributed by atoms with van der Waals surface area (Å²) in [4.78, 5) is 14.0. The van der Waals surface area contributed by atoms with Crippen molar-refractivity contribution in [3.8, 4) is 0 Å². The van der Waals surface area contributed by atoms with Crippen molar-refractivity contribution < 1.29 is 4.79 Å². The third-order valence-corrected chi connectivity index (χ3v) is 4.25. The van der Waals surface area contributed by atoms with Crippen LogP contribution in [-0.2, 0) is 17.6 Å². The second-order valence-electron chi connectivity index (χ2n) is 5.91. The summed E-state index contributed by atoms with van der Waals surface area (Å²) in [7, 11) is 0. The van der Waals surface area contributed by atoms with Crippen molar-refractivity contribution in [2.45, 2.75) is 32.2 Å². The lowest BCUT2D eigenvalue weighted by Gasteiger charge is -2.22. The zero-order valence-electron chi connectivity index (χ0n) is 13.0. The Hall–Kier alpha value is -2.13. The molecule has 1 aliphatic heterocycles. The summed E-state index contributed by atoms with van der Waals surface area (Å²) in [5.41, 5.74) is 10.8. The highest BCUT2D eigenvalue weighted by Gasteiger charge is 2.28. The van der Waals surface area contributed by atoms with E-state index < -0.39 is 0 Å². The van der Waals surface area contributed by atoms with Crippen molar-refractivity contribution in [2.75, 3.05) is 11.4 Å². The van der Waals surface area contributed by atoms with Gasteiger partial charge in [0.05, 0.1) is 6.42 Å². The van der Waals surface area contributed by atoms with E-state index in [0.29, 0.717) is 13.0 Å². The molecule has 114 valence electrons. The molecule has 1 heterocycles. The third kappa shape index (κ3) is 2.90. The van der Waals surface area contributed by atoms with Gasteiger partial charge in [-0.1, -0.05) is 55.8 Å². The molecule has 3 heteroatoms. The van der Waals surface area contributed by atoms with Gasteiger partial charge in [-0.15, -0.1) is 0 Å². The number of nitrogens with zero attached hydrogens (tertiary/aromatic N) is 1. The fourth-order valence-corrected chi connectivity index (χ4v) is 3.04. The average Bonchev–Trinajstić information content (AvgIpc) is 2.84. The SMILES string of the molecule is CCCc1ccc(C(N)CN2C(=O)Cc3ccccc32)cc1. The molecule has 1 unspecified atom stereocenters. The summed E-state index contributed by atoms with van der Waals surface area (Å²) < 4.78 is 0. The average molecular weight is 294 g/mol. The Morgan fingerprint density at radius 2 is 1.86 bits per heavy atom. The zero-order valence-corrected chi connectivity index (χ0v) is 13.0. The summed E-state index contributed by atoms with van der Waals surface area (Å²) in [5.74, 6) is 0.138. The number of fused-ring (bicyclic) bond motifs is 1. The molecule has 0 bridgehead atoms. The fourth-order valence-electron chi connectivity index (χ4n) is 3.04. The molecule has 0 saturated carbocycles. The number of aryl methyl sites for hydroxylation is 1. The van der Waals surface area contributed by atoms with Crippen LogP contribution in [0.1, 0.15) is 36.1 Å². The first kappa shape index (κ1) is 14.8. The van der Waals surface area contributed by atoms with Crippen LogP contribution >= 0.6 is 0 Å². The summed E-state index contributed by atoms with van der Waals surface area (Å²) in [5, 5.41) is 0. The minimum absolute atomic E-state index is 0.138. The molecule has 0 saturated heterocycles. The van der Waals surface area contributed by atoms with Crippen molar-refractivity contribution in [2.24, 2.45) is 5.73 Å². The second kappa shape index (κ2) is 6.32. The maximum Gasteiger partial charge on any atom is 0.231 e. The van der Waals surface area contributed by atoms with Crippen LogP contribution in [0.25, 0.3) is 0 Å². The molecule has 22 heavy (non-hydrogen) atoms. The number of nitrogens with two attached hydrogens (primary N) is 1.